The molecule has 0 aromatic carbocycles. The summed E-state index contributed by atoms with van der Waals surface area (Å²) in [5.74, 6) is -0.540. The highest BCUT2D eigenvalue weighted by atomic mass is 16.7. The van der Waals surface area contributed by atoms with Gasteiger partial charge in [0.1, 0.15) is 0 Å². The van der Waals surface area contributed by atoms with Gasteiger partial charge in [0, 0.05) is 20.1 Å². The van der Waals surface area contributed by atoms with Crippen molar-refractivity contribution in [3.63, 3.8) is 0 Å². The predicted octanol–water partition coefficient (Wildman–Crippen LogP) is 0.180. The van der Waals surface area contributed by atoms with E-state index in [-0.39, 0.29) is 12.1 Å². The van der Waals surface area contributed by atoms with E-state index in [1.807, 2.05) is 6.92 Å². The number of ether oxygens (including phenoxy) is 3. The average Bonchev–Trinajstić information content (AvgIpc) is 2.90. The van der Waals surface area contributed by atoms with Gasteiger partial charge in [-0.25, -0.2) is 4.79 Å². The minimum atomic E-state index is -0.540. The summed E-state index contributed by atoms with van der Waals surface area (Å²) in [6, 6.07) is -0.0695. The van der Waals surface area contributed by atoms with E-state index in [9.17, 15) is 4.79 Å². The maximum atomic E-state index is 11.9. The highest BCUT2D eigenvalue weighted by molar-refractivity contribution is 5.74. The van der Waals surface area contributed by atoms with Crippen LogP contribution in [0.1, 0.15) is 13.3 Å². The van der Waals surface area contributed by atoms with Crippen LogP contribution in [0.3, 0.4) is 0 Å². The van der Waals surface area contributed by atoms with Crippen LogP contribution in [0.5, 0.6) is 0 Å². The van der Waals surface area contributed by atoms with Gasteiger partial charge in [0.2, 0.25) is 0 Å². The van der Waals surface area contributed by atoms with Crippen molar-refractivity contribution in [2.24, 2.45) is 0 Å². The number of urea groups is 1. The number of methoxy groups -OCH3 is 1. The third-order valence-electron chi connectivity index (χ3n) is 3.08. The molecule has 0 saturated carbocycles. The molecule has 2 amide bonds. The maximum Gasteiger partial charge on any atom is 0.317 e. The second-order valence-corrected chi connectivity index (χ2v) is 4.59. The number of hydrogen-bond acceptors (Lipinski definition) is 4. The summed E-state index contributed by atoms with van der Waals surface area (Å²) in [4.78, 5) is 13.7. The lowest BCUT2D eigenvalue weighted by atomic mass is 10.2. The fourth-order valence-electron chi connectivity index (χ4n) is 2.25. The molecule has 98 valence electrons. The SMILES string of the molecule is COC[C@H](C)NC(=O)N1CCC2(C1)OCCO2. The van der Waals surface area contributed by atoms with Gasteiger partial charge in [-0.3, -0.25) is 0 Å². The average molecular weight is 244 g/mol. The van der Waals surface area contributed by atoms with Crippen LogP contribution in [0.25, 0.3) is 0 Å². The molecule has 6 heteroatoms. The molecule has 0 aromatic heterocycles. The van der Waals surface area contributed by atoms with Crippen molar-refractivity contribution in [2.75, 3.05) is 40.0 Å². The Bertz CT molecular complexity index is 279. The number of nitrogens with one attached hydrogen (secondary N) is 1. The molecule has 2 saturated heterocycles. The molecule has 1 spiro atoms. The number of likely N-dealkylation sites (tertiary alicyclic amines) is 1. The van der Waals surface area contributed by atoms with E-state index in [0.29, 0.717) is 32.9 Å². The molecule has 0 unspecified atom stereocenters. The molecule has 2 heterocycles. The number of carbonyl (C=O) groups is 1. The van der Waals surface area contributed by atoms with Gasteiger partial charge >= 0.3 is 6.03 Å². The third-order valence-corrected chi connectivity index (χ3v) is 3.08. The minimum absolute atomic E-state index is 0.00876. The lowest BCUT2D eigenvalue weighted by Crippen LogP contribution is -2.46. The highest BCUT2D eigenvalue weighted by Crippen LogP contribution is 2.30. The van der Waals surface area contributed by atoms with Crippen molar-refractivity contribution in [1.82, 2.24) is 10.2 Å². The minimum Gasteiger partial charge on any atom is -0.383 e. The van der Waals surface area contributed by atoms with E-state index in [1.54, 1.807) is 12.0 Å². The van der Waals surface area contributed by atoms with Crippen molar-refractivity contribution in [2.45, 2.75) is 25.2 Å². The van der Waals surface area contributed by atoms with E-state index < -0.39 is 5.79 Å². The van der Waals surface area contributed by atoms with Crippen LogP contribution in [0.15, 0.2) is 0 Å². The van der Waals surface area contributed by atoms with Crippen LogP contribution in [-0.4, -0.2) is 62.8 Å². The van der Waals surface area contributed by atoms with Crippen LogP contribution in [-0.2, 0) is 14.2 Å². The molecule has 1 atom stereocenters. The van der Waals surface area contributed by atoms with Crippen LogP contribution >= 0.6 is 0 Å². The van der Waals surface area contributed by atoms with Crippen molar-refractivity contribution >= 4 is 6.03 Å². The van der Waals surface area contributed by atoms with E-state index in [0.717, 1.165) is 6.42 Å². The molecule has 2 aliphatic rings. The summed E-state index contributed by atoms with van der Waals surface area (Å²) in [5, 5.41) is 2.88. The van der Waals surface area contributed by atoms with E-state index in [4.69, 9.17) is 14.2 Å². The van der Waals surface area contributed by atoms with Crippen LogP contribution in [0.2, 0.25) is 0 Å². The van der Waals surface area contributed by atoms with Gasteiger partial charge in [-0.05, 0) is 6.92 Å². The summed E-state index contributed by atoms with van der Waals surface area (Å²) >= 11 is 0. The molecule has 2 rings (SSSR count). The van der Waals surface area contributed by atoms with Crippen LogP contribution < -0.4 is 5.32 Å². The molecule has 0 bridgehead atoms. The smallest absolute Gasteiger partial charge is 0.317 e. The summed E-state index contributed by atoms with van der Waals surface area (Å²) < 4.78 is 16.1. The highest BCUT2D eigenvalue weighted by Gasteiger charge is 2.44. The normalized spacial score (nSPS) is 24.2. The Hall–Kier alpha value is -0.850. The summed E-state index contributed by atoms with van der Waals surface area (Å²) in [6.07, 6.45) is 0.749. The van der Waals surface area contributed by atoms with Gasteiger partial charge in [0.25, 0.3) is 0 Å². The number of rotatable bonds is 3. The van der Waals surface area contributed by atoms with Gasteiger partial charge in [-0.1, -0.05) is 0 Å². The first kappa shape index (κ1) is 12.6. The van der Waals surface area contributed by atoms with E-state index in [2.05, 4.69) is 5.32 Å². The molecular formula is C11H20N2O4. The van der Waals surface area contributed by atoms with E-state index >= 15 is 0 Å². The van der Waals surface area contributed by atoms with Gasteiger partial charge in [0.15, 0.2) is 5.79 Å². The molecule has 2 fully saturated rings. The summed E-state index contributed by atoms with van der Waals surface area (Å²) in [5.41, 5.74) is 0. The molecule has 1 N–H and O–H groups in total. The predicted molar refractivity (Wildman–Crippen MR) is 60.7 cm³/mol. The zero-order chi connectivity index (χ0) is 12.3. The number of nitrogens with zero attached hydrogens (tertiary/aromatic N) is 1. The maximum absolute atomic E-state index is 11.9. The van der Waals surface area contributed by atoms with Crippen molar-refractivity contribution in [1.29, 1.82) is 0 Å². The number of carbonyl (C=O) groups excluding carboxylic acids is 1. The van der Waals surface area contributed by atoms with Gasteiger partial charge < -0.3 is 24.4 Å². The second-order valence-electron chi connectivity index (χ2n) is 4.59. The Morgan fingerprint density at radius 3 is 2.88 bits per heavy atom. The lowest BCUT2D eigenvalue weighted by molar-refractivity contribution is -0.143. The summed E-state index contributed by atoms with van der Waals surface area (Å²) in [7, 11) is 1.62. The summed E-state index contributed by atoms with van der Waals surface area (Å²) in [6.45, 7) is 4.85. The molecule has 17 heavy (non-hydrogen) atoms. The van der Waals surface area contributed by atoms with Crippen LogP contribution in [0.4, 0.5) is 4.79 Å². The third kappa shape index (κ3) is 2.88. The second kappa shape index (κ2) is 5.20. The Kier molecular flexibility index (Phi) is 3.86. The monoisotopic (exact) mass is 244 g/mol. The fraction of sp³-hybridized carbons (Fsp3) is 0.909. The van der Waals surface area contributed by atoms with Gasteiger partial charge in [-0.2, -0.15) is 0 Å². The lowest BCUT2D eigenvalue weighted by Gasteiger charge is -2.23. The topological polar surface area (TPSA) is 60.0 Å². The fourth-order valence-corrected chi connectivity index (χ4v) is 2.25. The number of amides is 2. The molecule has 0 aromatic rings. The number of hydrogen-bond donors (Lipinski definition) is 1. The first-order valence-corrected chi connectivity index (χ1v) is 5.97. The Labute approximate surface area is 101 Å². The standard InChI is InChI=1S/C11H20N2O4/c1-9(7-15-2)12-10(14)13-4-3-11(8-13)16-5-6-17-11/h9H,3-8H2,1-2H3,(H,12,14)/t9-/m0/s1. The van der Waals surface area contributed by atoms with Crippen molar-refractivity contribution < 1.29 is 19.0 Å². The van der Waals surface area contributed by atoms with Crippen molar-refractivity contribution in [3.8, 4) is 0 Å². The zero-order valence-electron chi connectivity index (χ0n) is 10.4. The first-order valence-electron chi connectivity index (χ1n) is 5.97. The largest absolute Gasteiger partial charge is 0.383 e. The van der Waals surface area contributed by atoms with Gasteiger partial charge in [-0.15, -0.1) is 0 Å². The molecular weight excluding hydrogens is 224 g/mol. The Morgan fingerprint density at radius 1 is 1.53 bits per heavy atom. The van der Waals surface area contributed by atoms with Crippen molar-refractivity contribution in [3.05, 3.63) is 0 Å². The zero-order valence-corrected chi connectivity index (χ0v) is 10.4. The van der Waals surface area contributed by atoms with Crippen LogP contribution in [0, 0.1) is 0 Å². The molecule has 0 radical (unpaired) electrons. The molecule has 2 aliphatic heterocycles. The Balaban J connectivity index is 1.81. The first-order chi connectivity index (χ1) is 8.15. The van der Waals surface area contributed by atoms with E-state index in [1.165, 1.54) is 0 Å². The Morgan fingerprint density at radius 2 is 2.24 bits per heavy atom. The van der Waals surface area contributed by atoms with Gasteiger partial charge in [0.05, 0.1) is 32.4 Å². The quantitative estimate of drug-likeness (QED) is 0.769. The molecule has 6 nitrogen and oxygen atoms in total. The molecule has 0 aliphatic carbocycles.